The molecule has 0 saturated carbocycles. The SMILES string of the molecule is CCCc1nc(NCC)cc(Oc2ccc(F)cc2C)n1. The first-order valence-electron chi connectivity index (χ1n) is 7.18. The van der Waals surface area contributed by atoms with Crippen molar-refractivity contribution in [3.05, 3.63) is 41.5 Å². The van der Waals surface area contributed by atoms with Crippen molar-refractivity contribution in [1.82, 2.24) is 9.97 Å². The second-order valence-electron chi connectivity index (χ2n) is 4.80. The second-order valence-corrected chi connectivity index (χ2v) is 4.80. The van der Waals surface area contributed by atoms with E-state index in [0.717, 1.165) is 36.6 Å². The van der Waals surface area contributed by atoms with Crippen LogP contribution in [-0.4, -0.2) is 16.5 Å². The van der Waals surface area contributed by atoms with Gasteiger partial charge in [0.2, 0.25) is 5.88 Å². The van der Waals surface area contributed by atoms with E-state index in [2.05, 4.69) is 22.2 Å². The third-order valence-electron chi connectivity index (χ3n) is 2.93. The van der Waals surface area contributed by atoms with Gasteiger partial charge in [-0.1, -0.05) is 6.92 Å². The Labute approximate surface area is 124 Å². The van der Waals surface area contributed by atoms with Crippen LogP contribution >= 0.6 is 0 Å². The van der Waals surface area contributed by atoms with Crippen molar-refractivity contribution in [2.75, 3.05) is 11.9 Å². The van der Waals surface area contributed by atoms with Gasteiger partial charge in [0.25, 0.3) is 0 Å². The first kappa shape index (κ1) is 15.2. The summed E-state index contributed by atoms with van der Waals surface area (Å²) in [5, 5.41) is 3.17. The molecule has 1 aromatic carbocycles. The van der Waals surface area contributed by atoms with Crippen LogP contribution in [0.4, 0.5) is 10.2 Å². The molecule has 0 bridgehead atoms. The monoisotopic (exact) mass is 289 g/mol. The number of halogens is 1. The van der Waals surface area contributed by atoms with E-state index in [4.69, 9.17) is 4.74 Å². The summed E-state index contributed by atoms with van der Waals surface area (Å²) < 4.78 is 18.9. The van der Waals surface area contributed by atoms with Gasteiger partial charge < -0.3 is 10.1 Å². The lowest BCUT2D eigenvalue weighted by Crippen LogP contribution is -2.05. The van der Waals surface area contributed by atoms with E-state index in [0.29, 0.717) is 11.6 Å². The molecule has 4 nitrogen and oxygen atoms in total. The number of ether oxygens (including phenoxy) is 1. The average Bonchev–Trinajstić information content (AvgIpc) is 2.42. The Morgan fingerprint density at radius 1 is 1.19 bits per heavy atom. The van der Waals surface area contributed by atoms with Crippen LogP contribution in [0.5, 0.6) is 11.6 Å². The molecule has 21 heavy (non-hydrogen) atoms. The molecule has 112 valence electrons. The fourth-order valence-corrected chi connectivity index (χ4v) is 1.97. The number of hydrogen-bond donors (Lipinski definition) is 1. The maximum atomic E-state index is 13.1. The quantitative estimate of drug-likeness (QED) is 0.869. The molecular weight excluding hydrogens is 269 g/mol. The van der Waals surface area contributed by atoms with E-state index in [1.54, 1.807) is 19.1 Å². The molecule has 1 aromatic heterocycles. The molecular formula is C16H20FN3O. The normalized spacial score (nSPS) is 10.5. The Kier molecular flexibility index (Phi) is 5.09. The minimum Gasteiger partial charge on any atom is -0.439 e. The molecule has 5 heteroatoms. The number of rotatable bonds is 6. The minimum atomic E-state index is -0.275. The minimum absolute atomic E-state index is 0.275. The van der Waals surface area contributed by atoms with Gasteiger partial charge in [-0.2, -0.15) is 4.98 Å². The summed E-state index contributed by atoms with van der Waals surface area (Å²) in [6.45, 7) is 6.66. The summed E-state index contributed by atoms with van der Waals surface area (Å²) in [7, 11) is 0. The van der Waals surface area contributed by atoms with Crippen molar-refractivity contribution in [2.45, 2.75) is 33.6 Å². The predicted octanol–water partition coefficient (Wildman–Crippen LogP) is 4.10. The molecule has 0 radical (unpaired) electrons. The molecule has 0 saturated heterocycles. The van der Waals surface area contributed by atoms with Gasteiger partial charge in [-0.25, -0.2) is 9.37 Å². The highest BCUT2D eigenvalue weighted by molar-refractivity contribution is 5.41. The Morgan fingerprint density at radius 3 is 2.67 bits per heavy atom. The molecule has 0 amide bonds. The Bertz CT molecular complexity index is 592. The summed E-state index contributed by atoms with van der Waals surface area (Å²) in [4.78, 5) is 8.83. The molecule has 1 N–H and O–H groups in total. The van der Waals surface area contributed by atoms with E-state index in [-0.39, 0.29) is 5.82 Å². The summed E-state index contributed by atoms with van der Waals surface area (Å²) in [6.07, 6.45) is 1.75. The first-order chi connectivity index (χ1) is 10.1. The smallest absolute Gasteiger partial charge is 0.224 e. The van der Waals surface area contributed by atoms with E-state index in [1.165, 1.54) is 12.1 Å². The topological polar surface area (TPSA) is 47.0 Å². The zero-order chi connectivity index (χ0) is 15.2. The van der Waals surface area contributed by atoms with Crippen LogP contribution in [0.3, 0.4) is 0 Å². The van der Waals surface area contributed by atoms with Gasteiger partial charge in [-0.05, 0) is 44.0 Å². The molecule has 0 unspecified atom stereocenters. The molecule has 2 rings (SSSR count). The van der Waals surface area contributed by atoms with Gasteiger partial charge in [0.15, 0.2) is 0 Å². The van der Waals surface area contributed by atoms with Crippen molar-refractivity contribution < 1.29 is 9.13 Å². The zero-order valence-corrected chi connectivity index (χ0v) is 12.6. The van der Waals surface area contributed by atoms with Crippen LogP contribution in [0, 0.1) is 12.7 Å². The van der Waals surface area contributed by atoms with E-state index >= 15 is 0 Å². The van der Waals surface area contributed by atoms with E-state index in [9.17, 15) is 4.39 Å². The van der Waals surface area contributed by atoms with Gasteiger partial charge in [-0.3, -0.25) is 0 Å². The van der Waals surface area contributed by atoms with Crippen LogP contribution in [0.15, 0.2) is 24.3 Å². The highest BCUT2D eigenvalue weighted by Crippen LogP contribution is 2.25. The summed E-state index contributed by atoms with van der Waals surface area (Å²) in [5.41, 5.74) is 0.732. The zero-order valence-electron chi connectivity index (χ0n) is 12.6. The van der Waals surface area contributed by atoms with Crippen molar-refractivity contribution in [2.24, 2.45) is 0 Å². The fourth-order valence-electron chi connectivity index (χ4n) is 1.97. The number of anilines is 1. The maximum absolute atomic E-state index is 13.1. The van der Waals surface area contributed by atoms with Crippen LogP contribution in [0.1, 0.15) is 31.7 Å². The molecule has 0 spiro atoms. The molecule has 0 fully saturated rings. The van der Waals surface area contributed by atoms with Crippen molar-refractivity contribution in [1.29, 1.82) is 0 Å². The third kappa shape index (κ3) is 4.15. The van der Waals surface area contributed by atoms with Gasteiger partial charge in [0.1, 0.15) is 23.2 Å². The van der Waals surface area contributed by atoms with Crippen molar-refractivity contribution in [3.8, 4) is 11.6 Å². The van der Waals surface area contributed by atoms with E-state index in [1.807, 2.05) is 6.92 Å². The summed E-state index contributed by atoms with van der Waals surface area (Å²) in [5.74, 6) is 2.28. The number of aryl methyl sites for hydroxylation is 2. The summed E-state index contributed by atoms with van der Waals surface area (Å²) in [6, 6.07) is 6.18. The highest BCUT2D eigenvalue weighted by atomic mass is 19.1. The van der Waals surface area contributed by atoms with Crippen LogP contribution in [0.2, 0.25) is 0 Å². The lowest BCUT2D eigenvalue weighted by molar-refractivity contribution is 0.453. The predicted molar refractivity (Wildman–Crippen MR) is 81.4 cm³/mol. The number of nitrogens with zero attached hydrogens (tertiary/aromatic N) is 2. The number of aromatic nitrogens is 2. The van der Waals surface area contributed by atoms with Crippen LogP contribution in [-0.2, 0) is 6.42 Å². The lowest BCUT2D eigenvalue weighted by Gasteiger charge is -2.11. The van der Waals surface area contributed by atoms with Crippen LogP contribution < -0.4 is 10.1 Å². The van der Waals surface area contributed by atoms with Crippen LogP contribution in [0.25, 0.3) is 0 Å². The number of nitrogens with one attached hydrogen (secondary N) is 1. The third-order valence-corrected chi connectivity index (χ3v) is 2.93. The summed E-state index contributed by atoms with van der Waals surface area (Å²) >= 11 is 0. The van der Waals surface area contributed by atoms with Gasteiger partial charge in [-0.15, -0.1) is 0 Å². The highest BCUT2D eigenvalue weighted by Gasteiger charge is 2.08. The fraction of sp³-hybridized carbons (Fsp3) is 0.375. The van der Waals surface area contributed by atoms with Gasteiger partial charge >= 0.3 is 0 Å². The molecule has 0 atom stereocenters. The van der Waals surface area contributed by atoms with E-state index < -0.39 is 0 Å². The average molecular weight is 289 g/mol. The standard InChI is InChI=1S/C16H20FN3O/c1-4-6-14-19-15(18-5-2)10-16(20-14)21-13-8-7-12(17)9-11(13)3/h7-10H,4-6H2,1-3H3,(H,18,19,20). The van der Waals surface area contributed by atoms with Crippen molar-refractivity contribution in [3.63, 3.8) is 0 Å². The molecule has 0 aliphatic heterocycles. The van der Waals surface area contributed by atoms with Gasteiger partial charge in [0.05, 0.1) is 0 Å². The largest absolute Gasteiger partial charge is 0.439 e. The maximum Gasteiger partial charge on any atom is 0.224 e. The number of hydrogen-bond acceptors (Lipinski definition) is 4. The Hall–Kier alpha value is -2.17. The second kappa shape index (κ2) is 7.02. The first-order valence-corrected chi connectivity index (χ1v) is 7.18. The van der Waals surface area contributed by atoms with Gasteiger partial charge in [0, 0.05) is 19.0 Å². The Balaban J connectivity index is 2.29. The number of benzene rings is 1. The molecule has 2 aromatic rings. The lowest BCUT2D eigenvalue weighted by atomic mass is 10.2. The van der Waals surface area contributed by atoms with Crippen molar-refractivity contribution >= 4 is 5.82 Å². The molecule has 0 aliphatic rings. The molecule has 1 heterocycles. The Morgan fingerprint density at radius 2 is 2.00 bits per heavy atom. The molecule has 0 aliphatic carbocycles.